The molecular formula is C3H12N3O4S+. The summed E-state index contributed by atoms with van der Waals surface area (Å²) in [6.45, 7) is 0. The molecule has 0 aromatic carbocycles. The van der Waals surface area contributed by atoms with Crippen molar-refractivity contribution in [3.63, 3.8) is 0 Å². The van der Waals surface area contributed by atoms with E-state index in [1.807, 2.05) is 0 Å². The maximum atomic E-state index is 8.74. The van der Waals surface area contributed by atoms with Crippen LogP contribution >= 0.6 is 0 Å². The fourth-order valence-electron chi connectivity index (χ4n) is 0. The lowest BCUT2D eigenvalue weighted by atomic mass is 10.9. The molecule has 0 aliphatic heterocycles. The summed E-state index contributed by atoms with van der Waals surface area (Å²) >= 11 is 0. The molecule has 0 atom stereocenters. The van der Waals surface area contributed by atoms with E-state index in [0.717, 1.165) is 0 Å². The van der Waals surface area contributed by atoms with Gasteiger partial charge in [0.25, 0.3) is 0 Å². The van der Waals surface area contributed by atoms with Gasteiger partial charge in [0.1, 0.15) is 0 Å². The molecule has 0 aliphatic rings. The molecule has 0 heterocycles. The Hall–Kier alpha value is -0.860. The van der Waals surface area contributed by atoms with Gasteiger partial charge in [0, 0.05) is 0 Å². The topological polar surface area (TPSA) is 130 Å². The van der Waals surface area contributed by atoms with E-state index in [-0.39, 0.29) is 0 Å². The van der Waals surface area contributed by atoms with E-state index < -0.39 is 10.4 Å². The third-order valence-corrected chi connectivity index (χ3v) is 0.516. The lowest BCUT2D eigenvalue weighted by Crippen LogP contribution is -2.31. The molecule has 0 fully saturated rings. The van der Waals surface area contributed by atoms with Gasteiger partial charge in [-0.05, 0) is 0 Å². The van der Waals surface area contributed by atoms with Crippen LogP contribution in [-0.4, -0.2) is 42.2 Å². The van der Waals surface area contributed by atoms with Gasteiger partial charge in [-0.3, -0.25) is 25.1 Å². The molecule has 0 saturated carbocycles. The number of rotatable bonds is 0. The summed E-state index contributed by atoms with van der Waals surface area (Å²) in [6.07, 6.45) is 0. The summed E-state index contributed by atoms with van der Waals surface area (Å²) in [5.41, 5.74) is 10.1. The number of guanidine groups is 1. The molecule has 0 aromatic heterocycles. The zero-order valence-electron chi connectivity index (χ0n) is 6.22. The van der Waals surface area contributed by atoms with Crippen LogP contribution in [0.25, 0.3) is 0 Å². The normalized spacial score (nSPS) is 9.45. The van der Waals surface area contributed by atoms with E-state index in [1.165, 1.54) is 0 Å². The Morgan fingerprint density at radius 1 is 1.27 bits per heavy atom. The van der Waals surface area contributed by atoms with Crippen LogP contribution in [-0.2, 0) is 10.4 Å². The molecule has 8 heteroatoms. The van der Waals surface area contributed by atoms with Crippen LogP contribution in [0.15, 0.2) is 0 Å². The quantitative estimate of drug-likeness (QED) is 0.148. The van der Waals surface area contributed by atoms with Crippen molar-refractivity contribution in [3.05, 3.63) is 0 Å². The maximum Gasteiger partial charge on any atom is 0.394 e. The van der Waals surface area contributed by atoms with Crippen LogP contribution < -0.4 is 11.5 Å². The molecule has 0 spiro atoms. The Balaban J connectivity index is 0. The maximum absolute atomic E-state index is 8.74. The van der Waals surface area contributed by atoms with Gasteiger partial charge in [-0.1, -0.05) is 0 Å². The molecule has 0 unspecified atom stereocenters. The molecule has 11 heavy (non-hydrogen) atoms. The predicted octanol–water partition coefficient (Wildman–Crippen LogP) is -2.12. The average Bonchev–Trinajstić information content (AvgIpc) is 1.59. The van der Waals surface area contributed by atoms with Crippen LogP contribution in [0, 0.1) is 0 Å². The Morgan fingerprint density at radius 2 is 1.36 bits per heavy atom. The van der Waals surface area contributed by atoms with Crippen molar-refractivity contribution in [2.24, 2.45) is 11.5 Å². The van der Waals surface area contributed by atoms with Crippen LogP contribution in [0.4, 0.5) is 0 Å². The largest absolute Gasteiger partial charge is 0.394 e. The van der Waals surface area contributed by atoms with Gasteiger partial charge in [0.2, 0.25) is 0 Å². The molecule has 0 aromatic rings. The van der Waals surface area contributed by atoms with E-state index in [2.05, 4.69) is 0 Å². The lowest BCUT2D eigenvalue weighted by Gasteiger charge is -1.86. The van der Waals surface area contributed by atoms with Gasteiger partial charge in [0.15, 0.2) is 0 Å². The Kier molecular flexibility index (Phi) is 5.67. The van der Waals surface area contributed by atoms with Crippen molar-refractivity contribution >= 4 is 16.4 Å². The van der Waals surface area contributed by atoms with E-state index in [0.29, 0.717) is 5.96 Å². The van der Waals surface area contributed by atoms with Gasteiger partial charge < -0.3 is 0 Å². The molecule has 68 valence electrons. The highest BCUT2D eigenvalue weighted by Crippen LogP contribution is 1.59. The predicted molar refractivity (Wildman–Crippen MR) is 39.7 cm³/mol. The molecule has 0 saturated heterocycles. The van der Waals surface area contributed by atoms with E-state index in [4.69, 9.17) is 29.0 Å². The highest BCUT2D eigenvalue weighted by molar-refractivity contribution is 7.79. The second kappa shape index (κ2) is 4.88. The Bertz CT molecular complexity index is 205. The number of hydrogen-bond acceptors (Lipinski definition) is 2. The summed E-state index contributed by atoms with van der Waals surface area (Å²) in [6, 6.07) is 0. The fraction of sp³-hybridized carbons (Fsp3) is 0.667. The molecule has 0 amide bonds. The number of hydrogen-bond donors (Lipinski definition) is 4. The summed E-state index contributed by atoms with van der Waals surface area (Å²) in [5.74, 6) is 0.343. The van der Waals surface area contributed by atoms with Crippen molar-refractivity contribution in [3.8, 4) is 0 Å². The Labute approximate surface area is 64.9 Å². The standard InChI is InChI=1S/C3H9N3.H2O4S/c1-6(2)3(4)5;1-5(2,3)4/h1-2H3,(H3,4,5);(H2,1,2,3,4)/p+1. The summed E-state index contributed by atoms with van der Waals surface area (Å²) in [7, 11) is -1.09. The van der Waals surface area contributed by atoms with Gasteiger partial charge in [-0.25, -0.2) is 0 Å². The van der Waals surface area contributed by atoms with Crippen LogP contribution in [0.1, 0.15) is 0 Å². The SMILES string of the molecule is C[N+](C)=C(N)N.O=S(=O)(O)O. The van der Waals surface area contributed by atoms with Gasteiger partial charge in [-0.2, -0.15) is 8.42 Å². The monoisotopic (exact) mass is 186 g/mol. The molecule has 0 radical (unpaired) electrons. The molecular weight excluding hydrogens is 174 g/mol. The van der Waals surface area contributed by atoms with Crippen molar-refractivity contribution < 1.29 is 22.1 Å². The van der Waals surface area contributed by atoms with E-state index in [1.54, 1.807) is 18.7 Å². The first kappa shape index (κ1) is 12.8. The smallest absolute Gasteiger partial charge is 0.291 e. The average molecular weight is 186 g/mol. The number of nitrogens with zero attached hydrogens (tertiary/aromatic N) is 1. The van der Waals surface area contributed by atoms with Gasteiger partial charge in [-0.15, -0.1) is 0 Å². The molecule has 0 aliphatic carbocycles. The highest BCUT2D eigenvalue weighted by atomic mass is 32.3. The Morgan fingerprint density at radius 3 is 1.36 bits per heavy atom. The third-order valence-electron chi connectivity index (χ3n) is 0.516. The minimum Gasteiger partial charge on any atom is -0.291 e. The molecule has 6 N–H and O–H groups in total. The van der Waals surface area contributed by atoms with Crippen molar-refractivity contribution in [1.29, 1.82) is 0 Å². The highest BCUT2D eigenvalue weighted by Gasteiger charge is 1.84. The first-order valence-electron chi connectivity index (χ1n) is 2.39. The second-order valence-corrected chi connectivity index (χ2v) is 2.66. The first-order chi connectivity index (χ1) is 4.64. The minimum atomic E-state index is -4.67. The second-order valence-electron chi connectivity index (χ2n) is 1.77. The van der Waals surface area contributed by atoms with E-state index >= 15 is 0 Å². The minimum absolute atomic E-state index is 0.343. The molecule has 7 nitrogen and oxygen atoms in total. The van der Waals surface area contributed by atoms with Gasteiger partial charge >= 0.3 is 16.4 Å². The summed E-state index contributed by atoms with van der Waals surface area (Å²) in [5, 5.41) is 0. The van der Waals surface area contributed by atoms with Crippen LogP contribution in [0.5, 0.6) is 0 Å². The van der Waals surface area contributed by atoms with Crippen LogP contribution in [0.2, 0.25) is 0 Å². The van der Waals surface area contributed by atoms with Crippen LogP contribution in [0.3, 0.4) is 0 Å². The summed E-state index contributed by atoms with van der Waals surface area (Å²) < 4.78 is 33.2. The van der Waals surface area contributed by atoms with Crippen molar-refractivity contribution in [2.75, 3.05) is 14.1 Å². The summed E-state index contributed by atoms with van der Waals surface area (Å²) in [4.78, 5) is 0. The first-order valence-corrected chi connectivity index (χ1v) is 3.79. The van der Waals surface area contributed by atoms with Crippen molar-refractivity contribution in [2.45, 2.75) is 0 Å². The third kappa shape index (κ3) is 47.3. The van der Waals surface area contributed by atoms with E-state index in [9.17, 15) is 0 Å². The van der Waals surface area contributed by atoms with Crippen molar-refractivity contribution in [1.82, 2.24) is 0 Å². The zero-order chi connectivity index (χ0) is 9.65. The molecule has 0 bridgehead atoms. The number of nitrogens with two attached hydrogens (primary N) is 2. The van der Waals surface area contributed by atoms with Gasteiger partial charge in [0.05, 0.1) is 14.1 Å². The zero-order valence-corrected chi connectivity index (χ0v) is 7.04. The fourth-order valence-corrected chi connectivity index (χ4v) is 0. The lowest BCUT2D eigenvalue weighted by molar-refractivity contribution is -0.466. The molecule has 0 rings (SSSR count).